The van der Waals surface area contributed by atoms with Crippen molar-refractivity contribution in [2.75, 3.05) is 18.5 Å². The van der Waals surface area contributed by atoms with Gasteiger partial charge >= 0.3 is 5.97 Å². The molecule has 0 radical (unpaired) electrons. The molecule has 1 aromatic heterocycles. The Kier molecular flexibility index (Phi) is 5.49. The SMILES string of the molecule is C[C@@H](OC(=O)c1cnc(Cl)c(Cl)c1)C(=O)Nc1ccc2c(c1)OCCO2. The first-order valence-electron chi connectivity index (χ1n) is 7.66. The van der Waals surface area contributed by atoms with E-state index < -0.39 is 18.0 Å². The summed E-state index contributed by atoms with van der Waals surface area (Å²) in [5.74, 6) is -0.0784. The van der Waals surface area contributed by atoms with Crippen molar-refractivity contribution in [3.63, 3.8) is 0 Å². The molecule has 1 aliphatic rings. The first kappa shape index (κ1) is 18.3. The molecule has 1 atom stereocenters. The molecule has 136 valence electrons. The number of anilines is 1. The Labute approximate surface area is 159 Å². The van der Waals surface area contributed by atoms with Crippen molar-refractivity contribution in [2.24, 2.45) is 0 Å². The van der Waals surface area contributed by atoms with E-state index in [9.17, 15) is 9.59 Å². The Morgan fingerprint density at radius 2 is 1.92 bits per heavy atom. The number of rotatable bonds is 4. The van der Waals surface area contributed by atoms with E-state index in [0.29, 0.717) is 30.4 Å². The molecule has 1 aliphatic heterocycles. The highest BCUT2D eigenvalue weighted by Crippen LogP contribution is 2.32. The van der Waals surface area contributed by atoms with Crippen LogP contribution < -0.4 is 14.8 Å². The van der Waals surface area contributed by atoms with Crippen LogP contribution in [-0.2, 0) is 9.53 Å². The van der Waals surface area contributed by atoms with Crippen LogP contribution in [0.5, 0.6) is 11.5 Å². The van der Waals surface area contributed by atoms with Crippen LogP contribution in [0.3, 0.4) is 0 Å². The topological polar surface area (TPSA) is 86.8 Å². The molecular weight excluding hydrogens is 383 g/mol. The average Bonchev–Trinajstić information content (AvgIpc) is 2.63. The van der Waals surface area contributed by atoms with Crippen LogP contribution in [-0.4, -0.2) is 36.2 Å². The van der Waals surface area contributed by atoms with Gasteiger partial charge < -0.3 is 19.5 Å². The molecule has 0 spiro atoms. The number of amides is 1. The second kappa shape index (κ2) is 7.80. The summed E-state index contributed by atoms with van der Waals surface area (Å²) in [7, 11) is 0. The lowest BCUT2D eigenvalue weighted by atomic mass is 10.2. The molecule has 0 fully saturated rings. The molecule has 3 rings (SSSR count). The zero-order valence-electron chi connectivity index (χ0n) is 13.6. The van der Waals surface area contributed by atoms with Gasteiger partial charge in [-0.1, -0.05) is 23.2 Å². The van der Waals surface area contributed by atoms with Gasteiger partial charge in [0, 0.05) is 18.0 Å². The van der Waals surface area contributed by atoms with Crippen molar-refractivity contribution in [3.8, 4) is 11.5 Å². The lowest BCUT2D eigenvalue weighted by Gasteiger charge is -2.19. The van der Waals surface area contributed by atoms with Gasteiger partial charge in [0.25, 0.3) is 5.91 Å². The number of benzene rings is 1. The van der Waals surface area contributed by atoms with Crippen LogP contribution in [0.25, 0.3) is 0 Å². The molecular formula is C17H14Cl2N2O5. The summed E-state index contributed by atoms with van der Waals surface area (Å²) < 4.78 is 16.0. The summed E-state index contributed by atoms with van der Waals surface area (Å²) in [6, 6.07) is 6.33. The number of esters is 1. The van der Waals surface area contributed by atoms with E-state index in [0.717, 1.165) is 0 Å². The normalized spacial score (nSPS) is 13.7. The minimum atomic E-state index is -1.04. The predicted molar refractivity (Wildman–Crippen MR) is 95.2 cm³/mol. The second-order valence-electron chi connectivity index (χ2n) is 5.39. The van der Waals surface area contributed by atoms with Crippen LogP contribution in [0.15, 0.2) is 30.5 Å². The number of ether oxygens (including phenoxy) is 3. The minimum absolute atomic E-state index is 0.0765. The molecule has 0 saturated heterocycles. The Morgan fingerprint density at radius 3 is 2.65 bits per heavy atom. The van der Waals surface area contributed by atoms with Gasteiger partial charge in [0.15, 0.2) is 17.6 Å². The maximum atomic E-state index is 12.2. The number of nitrogens with zero attached hydrogens (tertiary/aromatic N) is 1. The summed E-state index contributed by atoms with van der Waals surface area (Å²) >= 11 is 11.5. The number of pyridine rings is 1. The third-order valence-electron chi connectivity index (χ3n) is 3.49. The van der Waals surface area contributed by atoms with Gasteiger partial charge in [0.05, 0.1) is 10.6 Å². The number of halogens is 2. The number of carbonyl (C=O) groups is 2. The van der Waals surface area contributed by atoms with Crippen molar-refractivity contribution in [1.82, 2.24) is 4.98 Å². The summed E-state index contributed by atoms with van der Waals surface area (Å²) in [6.45, 7) is 2.38. The number of fused-ring (bicyclic) bond motifs is 1. The second-order valence-corrected chi connectivity index (χ2v) is 6.16. The maximum Gasteiger partial charge on any atom is 0.340 e. The molecule has 2 aromatic rings. The fourth-order valence-corrected chi connectivity index (χ4v) is 2.45. The summed E-state index contributed by atoms with van der Waals surface area (Å²) in [6.07, 6.45) is 0.187. The fourth-order valence-electron chi connectivity index (χ4n) is 2.18. The quantitative estimate of drug-likeness (QED) is 0.629. The summed E-state index contributed by atoms with van der Waals surface area (Å²) in [4.78, 5) is 28.1. The molecule has 1 amide bonds. The Balaban J connectivity index is 1.62. The summed E-state index contributed by atoms with van der Waals surface area (Å²) in [5.41, 5.74) is 0.594. The van der Waals surface area contributed by atoms with Gasteiger partial charge in [0.2, 0.25) is 0 Å². The number of nitrogens with one attached hydrogen (secondary N) is 1. The lowest BCUT2D eigenvalue weighted by molar-refractivity contribution is -0.123. The number of hydrogen-bond acceptors (Lipinski definition) is 6. The van der Waals surface area contributed by atoms with E-state index >= 15 is 0 Å². The first-order chi connectivity index (χ1) is 12.4. The molecule has 0 bridgehead atoms. The Morgan fingerprint density at radius 1 is 1.19 bits per heavy atom. The first-order valence-corrected chi connectivity index (χ1v) is 8.42. The van der Waals surface area contributed by atoms with Crippen molar-refractivity contribution in [3.05, 3.63) is 46.2 Å². The van der Waals surface area contributed by atoms with Gasteiger partial charge in [-0.05, 0) is 25.1 Å². The summed E-state index contributed by atoms with van der Waals surface area (Å²) in [5, 5.41) is 2.85. The Bertz CT molecular complexity index is 859. The fraction of sp³-hybridized carbons (Fsp3) is 0.235. The molecule has 0 aliphatic carbocycles. The Hall–Kier alpha value is -2.51. The zero-order valence-corrected chi connectivity index (χ0v) is 15.1. The highest BCUT2D eigenvalue weighted by molar-refractivity contribution is 6.41. The highest BCUT2D eigenvalue weighted by Gasteiger charge is 2.21. The van der Waals surface area contributed by atoms with Crippen LogP contribution in [0.1, 0.15) is 17.3 Å². The molecule has 0 saturated carbocycles. The van der Waals surface area contributed by atoms with Crippen LogP contribution in [0.2, 0.25) is 10.2 Å². The molecule has 7 nitrogen and oxygen atoms in total. The smallest absolute Gasteiger partial charge is 0.340 e. The highest BCUT2D eigenvalue weighted by atomic mass is 35.5. The van der Waals surface area contributed by atoms with E-state index in [2.05, 4.69) is 10.3 Å². The van der Waals surface area contributed by atoms with Crippen molar-refractivity contribution in [2.45, 2.75) is 13.0 Å². The predicted octanol–water partition coefficient (Wildman–Crippen LogP) is 3.34. The van der Waals surface area contributed by atoms with E-state index in [-0.39, 0.29) is 15.7 Å². The van der Waals surface area contributed by atoms with Gasteiger partial charge in [-0.25, -0.2) is 9.78 Å². The van der Waals surface area contributed by atoms with Crippen molar-refractivity contribution >= 4 is 40.8 Å². The van der Waals surface area contributed by atoms with Gasteiger partial charge in [-0.2, -0.15) is 0 Å². The third-order valence-corrected chi connectivity index (χ3v) is 4.18. The third kappa shape index (κ3) is 4.17. The van der Waals surface area contributed by atoms with Crippen LogP contribution in [0.4, 0.5) is 5.69 Å². The number of aromatic nitrogens is 1. The molecule has 1 aromatic carbocycles. The number of hydrogen-bond donors (Lipinski definition) is 1. The molecule has 0 unspecified atom stereocenters. The molecule has 26 heavy (non-hydrogen) atoms. The van der Waals surface area contributed by atoms with E-state index in [1.165, 1.54) is 19.2 Å². The monoisotopic (exact) mass is 396 g/mol. The van der Waals surface area contributed by atoms with Crippen LogP contribution >= 0.6 is 23.2 Å². The standard InChI is InChI=1S/C17H14Cl2N2O5/c1-9(26-17(23)10-6-12(18)15(19)20-8-10)16(22)21-11-2-3-13-14(7-11)25-5-4-24-13/h2-3,6-9H,4-5H2,1H3,(H,21,22)/t9-/m1/s1. The van der Waals surface area contributed by atoms with Crippen molar-refractivity contribution < 1.29 is 23.8 Å². The van der Waals surface area contributed by atoms with E-state index in [1.54, 1.807) is 18.2 Å². The molecule has 2 heterocycles. The van der Waals surface area contributed by atoms with Crippen LogP contribution in [0, 0.1) is 0 Å². The average molecular weight is 397 g/mol. The minimum Gasteiger partial charge on any atom is -0.486 e. The van der Waals surface area contributed by atoms with Crippen molar-refractivity contribution in [1.29, 1.82) is 0 Å². The zero-order chi connectivity index (χ0) is 18.7. The lowest BCUT2D eigenvalue weighted by Crippen LogP contribution is -2.30. The van der Waals surface area contributed by atoms with Gasteiger partial charge in [-0.3, -0.25) is 4.79 Å². The number of carbonyl (C=O) groups excluding carboxylic acids is 2. The molecule has 1 N–H and O–H groups in total. The largest absolute Gasteiger partial charge is 0.486 e. The van der Waals surface area contributed by atoms with Gasteiger partial charge in [0.1, 0.15) is 18.4 Å². The van der Waals surface area contributed by atoms with Gasteiger partial charge in [-0.15, -0.1) is 0 Å². The van der Waals surface area contributed by atoms with E-state index in [4.69, 9.17) is 37.4 Å². The maximum absolute atomic E-state index is 12.2. The molecule has 9 heteroatoms. The van der Waals surface area contributed by atoms with E-state index in [1.807, 2.05) is 0 Å².